The van der Waals surface area contributed by atoms with Crippen molar-refractivity contribution in [2.75, 3.05) is 4.90 Å². The molecule has 8 aromatic rings. The summed E-state index contributed by atoms with van der Waals surface area (Å²) in [6.07, 6.45) is 0. The first kappa shape index (κ1) is 29.7. The molecule has 0 heterocycles. The third kappa shape index (κ3) is 5.04. The lowest BCUT2D eigenvalue weighted by Crippen LogP contribution is -2.13. The van der Waals surface area contributed by atoms with Crippen LogP contribution in [0.3, 0.4) is 0 Å². The summed E-state index contributed by atoms with van der Waals surface area (Å²) in [4.78, 5) is 2.42. The molecule has 0 fully saturated rings. The number of nitrogens with zero attached hydrogens (tertiary/aromatic N) is 1. The van der Waals surface area contributed by atoms with E-state index < -0.39 is 0 Å². The minimum absolute atomic E-state index is 0.0706. The van der Waals surface area contributed by atoms with Gasteiger partial charge in [-0.3, -0.25) is 0 Å². The van der Waals surface area contributed by atoms with Crippen molar-refractivity contribution < 1.29 is 0 Å². The first-order valence-electron chi connectivity index (χ1n) is 16.8. The van der Waals surface area contributed by atoms with E-state index in [1.54, 1.807) is 0 Å². The fraction of sp³-hybridized carbons (Fsp3) is 0.106. The van der Waals surface area contributed by atoms with E-state index in [-0.39, 0.29) is 5.41 Å². The third-order valence-electron chi connectivity index (χ3n) is 9.77. The number of hydrogen-bond acceptors (Lipinski definition) is 1. The predicted molar refractivity (Wildman–Crippen MR) is 210 cm³/mol. The first-order chi connectivity index (χ1) is 23.3. The monoisotopic (exact) mass is 617 g/mol. The average Bonchev–Trinajstić information content (AvgIpc) is 3.11. The molecule has 0 aliphatic rings. The van der Waals surface area contributed by atoms with E-state index in [1.165, 1.54) is 59.8 Å². The number of rotatable bonds is 5. The lowest BCUT2D eigenvalue weighted by Gasteiger charge is -2.29. The van der Waals surface area contributed by atoms with Crippen LogP contribution in [0.5, 0.6) is 0 Å². The maximum Gasteiger partial charge on any atom is 0.0546 e. The van der Waals surface area contributed by atoms with Crippen LogP contribution in [0, 0.1) is 0 Å². The van der Waals surface area contributed by atoms with Gasteiger partial charge in [-0.25, -0.2) is 0 Å². The van der Waals surface area contributed by atoms with Gasteiger partial charge in [0, 0.05) is 16.8 Å². The molecule has 0 radical (unpaired) electrons. The van der Waals surface area contributed by atoms with Crippen molar-refractivity contribution in [1.29, 1.82) is 0 Å². The Balaban J connectivity index is 1.45. The highest BCUT2D eigenvalue weighted by atomic mass is 15.1. The molecule has 0 saturated carbocycles. The Morgan fingerprint density at radius 2 is 1.04 bits per heavy atom. The predicted octanol–water partition coefficient (Wildman–Crippen LogP) is 13.8. The van der Waals surface area contributed by atoms with Gasteiger partial charge in [-0.2, -0.15) is 0 Å². The largest absolute Gasteiger partial charge is 0.310 e. The summed E-state index contributed by atoms with van der Waals surface area (Å²) in [6, 6.07) is 55.9. The zero-order valence-corrected chi connectivity index (χ0v) is 28.1. The maximum atomic E-state index is 4.19. The van der Waals surface area contributed by atoms with Gasteiger partial charge in [-0.15, -0.1) is 0 Å². The van der Waals surface area contributed by atoms with E-state index in [4.69, 9.17) is 0 Å². The molecule has 0 aliphatic heterocycles. The topological polar surface area (TPSA) is 3.24 Å². The van der Waals surface area contributed by atoms with Crippen LogP contribution in [0.4, 0.5) is 17.1 Å². The average molecular weight is 618 g/mol. The molecular weight excluding hydrogens is 579 g/mol. The molecule has 0 spiro atoms. The minimum Gasteiger partial charge on any atom is -0.310 e. The third-order valence-corrected chi connectivity index (χ3v) is 9.77. The molecular formula is C47H39N. The molecule has 1 nitrogen and oxygen atoms in total. The van der Waals surface area contributed by atoms with Crippen LogP contribution in [0.2, 0.25) is 0 Å². The Hall–Kier alpha value is -5.66. The van der Waals surface area contributed by atoms with Crippen LogP contribution in [0.1, 0.15) is 38.8 Å². The van der Waals surface area contributed by atoms with E-state index in [0.29, 0.717) is 0 Å². The van der Waals surface area contributed by atoms with Crippen molar-refractivity contribution in [1.82, 2.24) is 0 Å². The molecule has 0 N–H and O–H groups in total. The Kier molecular flexibility index (Phi) is 7.15. The molecule has 0 amide bonds. The second kappa shape index (κ2) is 11.5. The smallest absolute Gasteiger partial charge is 0.0546 e. The highest BCUT2D eigenvalue weighted by Crippen LogP contribution is 2.46. The molecule has 8 aromatic carbocycles. The second-order valence-electron chi connectivity index (χ2n) is 14.0. The van der Waals surface area contributed by atoms with Crippen LogP contribution in [0.25, 0.3) is 59.8 Å². The van der Waals surface area contributed by atoms with Gasteiger partial charge in [-0.1, -0.05) is 148 Å². The highest BCUT2D eigenvalue weighted by Gasteiger charge is 2.21. The standard InChI is InChI=1S/C47H39N/c1-31(2)32-21-25-36(26-22-32)48(37-27-23-35(24-28-37)47(3,4)5)45-30-34-29-44(39-20-12-14-33-13-6-7-15-38(33)39)40-16-8-10-18-42(40)46(34)43-19-11-9-17-41(43)45/h6-30H,1H2,2-5H3. The second-order valence-corrected chi connectivity index (χ2v) is 14.0. The van der Waals surface area contributed by atoms with Crippen LogP contribution in [-0.2, 0) is 5.41 Å². The van der Waals surface area contributed by atoms with E-state index in [0.717, 1.165) is 28.2 Å². The molecule has 0 aliphatic carbocycles. The molecule has 0 bridgehead atoms. The van der Waals surface area contributed by atoms with E-state index in [9.17, 15) is 0 Å². The van der Waals surface area contributed by atoms with Crippen molar-refractivity contribution >= 4 is 65.7 Å². The summed E-state index contributed by atoms with van der Waals surface area (Å²) in [5.74, 6) is 0. The normalized spacial score (nSPS) is 11.8. The van der Waals surface area contributed by atoms with Crippen molar-refractivity contribution in [3.05, 3.63) is 169 Å². The van der Waals surface area contributed by atoms with E-state index in [2.05, 4.69) is 191 Å². The number of hydrogen-bond donors (Lipinski definition) is 0. The fourth-order valence-corrected chi connectivity index (χ4v) is 7.26. The van der Waals surface area contributed by atoms with Gasteiger partial charge >= 0.3 is 0 Å². The van der Waals surface area contributed by atoms with Gasteiger partial charge in [0.15, 0.2) is 0 Å². The lowest BCUT2D eigenvalue weighted by molar-refractivity contribution is 0.590. The Bertz CT molecular complexity index is 2490. The lowest BCUT2D eigenvalue weighted by atomic mass is 9.87. The van der Waals surface area contributed by atoms with Gasteiger partial charge in [0.1, 0.15) is 0 Å². The maximum absolute atomic E-state index is 4.19. The summed E-state index contributed by atoms with van der Waals surface area (Å²) in [6.45, 7) is 13.1. The van der Waals surface area contributed by atoms with Gasteiger partial charge < -0.3 is 4.90 Å². The molecule has 0 unspecified atom stereocenters. The SMILES string of the molecule is C=C(C)c1ccc(N(c2ccc(C(C)(C)C)cc2)c2cc3cc(-c4cccc5ccccc45)c4ccccc4c3c3ccccc23)cc1. The van der Waals surface area contributed by atoms with Crippen molar-refractivity contribution in [3.63, 3.8) is 0 Å². The quantitative estimate of drug-likeness (QED) is 0.174. The fourth-order valence-electron chi connectivity index (χ4n) is 7.26. The Labute approximate surface area is 283 Å². The van der Waals surface area contributed by atoms with Gasteiger partial charge in [0.05, 0.1) is 5.69 Å². The minimum atomic E-state index is 0.0706. The van der Waals surface area contributed by atoms with Gasteiger partial charge in [0.2, 0.25) is 0 Å². The number of allylic oxidation sites excluding steroid dienone is 1. The number of benzene rings is 8. The molecule has 48 heavy (non-hydrogen) atoms. The molecule has 1 heteroatoms. The van der Waals surface area contributed by atoms with Gasteiger partial charge in [0.25, 0.3) is 0 Å². The van der Waals surface area contributed by atoms with E-state index in [1.807, 2.05) is 0 Å². The molecule has 8 rings (SSSR count). The van der Waals surface area contributed by atoms with Crippen LogP contribution < -0.4 is 4.90 Å². The van der Waals surface area contributed by atoms with Crippen LogP contribution in [0.15, 0.2) is 158 Å². The molecule has 0 saturated heterocycles. The summed E-state index contributed by atoms with van der Waals surface area (Å²) >= 11 is 0. The Morgan fingerprint density at radius 3 is 1.69 bits per heavy atom. The number of anilines is 3. The van der Waals surface area contributed by atoms with Gasteiger partial charge in [-0.05, 0) is 109 Å². The zero-order chi connectivity index (χ0) is 33.0. The van der Waals surface area contributed by atoms with Crippen LogP contribution >= 0.6 is 0 Å². The first-order valence-corrected chi connectivity index (χ1v) is 16.8. The molecule has 0 aromatic heterocycles. The van der Waals surface area contributed by atoms with E-state index >= 15 is 0 Å². The van der Waals surface area contributed by atoms with Crippen molar-refractivity contribution in [2.45, 2.75) is 33.1 Å². The highest BCUT2D eigenvalue weighted by molar-refractivity contribution is 6.26. The molecule has 232 valence electrons. The zero-order valence-electron chi connectivity index (χ0n) is 28.1. The van der Waals surface area contributed by atoms with Crippen LogP contribution in [-0.4, -0.2) is 0 Å². The van der Waals surface area contributed by atoms with Crippen molar-refractivity contribution in [2.24, 2.45) is 0 Å². The summed E-state index contributed by atoms with van der Waals surface area (Å²) in [5, 5.41) is 10.0. The summed E-state index contributed by atoms with van der Waals surface area (Å²) in [7, 11) is 0. The van der Waals surface area contributed by atoms with Crippen molar-refractivity contribution in [3.8, 4) is 11.1 Å². The Morgan fingerprint density at radius 1 is 0.500 bits per heavy atom. The summed E-state index contributed by atoms with van der Waals surface area (Å²) in [5.41, 5.74) is 9.51. The molecule has 0 atom stereocenters. The summed E-state index contributed by atoms with van der Waals surface area (Å²) < 4.78 is 0. The number of fused-ring (bicyclic) bond motifs is 6.